The molecule has 0 spiro atoms. The minimum atomic E-state index is -0.369. The number of rotatable bonds is 2. The molecule has 4 nitrogen and oxygen atoms in total. The topological polar surface area (TPSA) is 58.2 Å². The van der Waals surface area contributed by atoms with E-state index in [1.165, 1.54) is 11.3 Å². The van der Waals surface area contributed by atoms with Crippen molar-refractivity contribution in [1.29, 1.82) is 0 Å². The lowest BCUT2D eigenvalue weighted by Gasteiger charge is -2.23. The van der Waals surface area contributed by atoms with Crippen LogP contribution in [0.15, 0.2) is 36.4 Å². The second-order valence-electron chi connectivity index (χ2n) is 6.26. The molecule has 1 saturated heterocycles. The molecule has 0 aromatic heterocycles. The van der Waals surface area contributed by atoms with Gasteiger partial charge >= 0.3 is 0 Å². The number of hydrogen-bond donors (Lipinski definition) is 2. The van der Waals surface area contributed by atoms with Crippen LogP contribution in [0.4, 0.5) is 5.69 Å². The molecule has 2 aliphatic rings. The Hall–Kier alpha value is -2.33. The van der Waals surface area contributed by atoms with Crippen LogP contribution in [-0.2, 0) is 16.0 Å². The van der Waals surface area contributed by atoms with Gasteiger partial charge in [0.05, 0.1) is 10.9 Å². The summed E-state index contributed by atoms with van der Waals surface area (Å²) in [5.74, 6) is -0.843. The van der Waals surface area contributed by atoms with E-state index in [9.17, 15) is 9.59 Å². The van der Waals surface area contributed by atoms with Gasteiger partial charge in [0.2, 0.25) is 11.8 Å². The maximum atomic E-state index is 12.2. The normalized spacial score (nSPS) is 19.6. The number of nitrogens with one attached hydrogen (secondary N) is 2. The monoisotopic (exact) mass is 340 g/mol. The highest BCUT2D eigenvalue weighted by atomic mass is 35.5. The Kier molecular flexibility index (Phi) is 3.77. The zero-order valence-electron chi connectivity index (χ0n) is 13.1. The van der Waals surface area contributed by atoms with E-state index < -0.39 is 0 Å². The Morgan fingerprint density at radius 2 is 1.96 bits per heavy atom. The average molecular weight is 341 g/mol. The van der Waals surface area contributed by atoms with E-state index in [1.54, 1.807) is 0 Å². The summed E-state index contributed by atoms with van der Waals surface area (Å²) in [5.41, 5.74) is 5.23. The highest BCUT2D eigenvalue weighted by molar-refractivity contribution is 6.34. The number of hydrogen-bond acceptors (Lipinski definition) is 3. The highest BCUT2D eigenvalue weighted by Gasteiger charge is 2.30. The van der Waals surface area contributed by atoms with E-state index in [0.29, 0.717) is 17.9 Å². The zero-order valence-corrected chi connectivity index (χ0v) is 13.8. The molecule has 2 N–H and O–H groups in total. The summed E-state index contributed by atoms with van der Waals surface area (Å²) in [7, 11) is 0. The second kappa shape index (κ2) is 5.95. The summed E-state index contributed by atoms with van der Waals surface area (Å²) >= 11 is 6.65. The third-order valence-corrected chi connectivity index (χ3v) is 5.19. The summed E-state index contributed by atoms with van der Waals surface area (Å²) in [5, 5.41) is 6.35. The predicted molar refractivity (Wildman–Crippen MR) is 94.2 cm³/mol. The standard InChI is InChI=1S/C19H17ClN2O2/c20-18-13(11-4-6-16-12(10-11)8-9-21-16)2-1-3-14(18)15-5-7-17(23)22-19(15)24/h1-4,6,10,15,21H,5,7-9H2,(H,22,23,24). The smallest absolute Gasteiger partial charge is 0.234 e. The minimum absolute atomic E-state index is 0.213. The van der Waals surface area contributed by atoms with Crippen LogP contribution in [0.5, 0.6) is 0 Å². The van der Waals surface area contributed by atoms with Crippen LogP contribution in [0.3, 0.4) is 0 Å². The molecular weight excluding hydrogens is 324 g/mol. The third kappa shape index (κ3) is 2.57. The maximum Gasteiger partial charge on any atom is 0.234 e. The fourth-order valence-electron chi connectivity index (χ4n) is 3.50. The predicted octanol–water partition coefficient (Wildman–Crippen LogP) is 3.50. The van der Waals surface area contributed by atoms with Gasteiger partial charge in [0.15, 0.2) is 0 Å². The van der Waals surface area contributed by atoms with Crippen LogP contribution >= 0.6 is 11.6 Å². The van der Waals surface area contributed by atoms with Gasteiger partial charge in [-0.05, 0) is 41.7 Å². The molecule has 2 amide bonds. The fourth-order valence-corrected chi connectivity index (χ4v) is 3.87. The van der Waals surface area contributed by atoms with Crippen molar-refractivity contribution >= 4 is 29.1 Å². The van der Waals surface area contributed by atoms with Gasteiger partial charge in [-0.1, -0.05) is 35.9 Å². The number of halogens is 1. The molecule has 0 saturated carbocycles. The average Bonchev–Trinajstić information content (AvgIpc) is 3.03. The Morgan fingerprint density at radius 3 is 2.79 bits per heavy atom. The quantitative estimate of drug-likeness (QED) is 0.823. The molecule has 5 heteroatoms. The van der Waals surface area contributed by atoms with Gasteiger partial charge < -0.3 is 5.32 Å². The molecule has 122 valence electrons. The molecule has 2 aromatic rings. The Labute approximate surface area is 145 Å². The molecular formula is C19H17ClN2O2. The highest BCUT2D eigenvalue weighted by Crippen LogP contribution is 2.38. The van der Waals surface area contributed by atoms with Crippen LogP contribution < -0.4 is 10.6 Å². The molecule has 24 heavy (non-hydrogen) atoms. The molecule has 1 unspecified atom stereocenters. The number of benzene rings is 2. The van der Waals surface area contributed by atoms with Crippen molar-refractivity contribution in [1.82, 2.24) is 5.32 Å². The summed E-state index contributed by atoms with van der Waals surface area (Å²) in [6.07, 6.45) is 1.86. The van der Waals surface area contributed by atoms with Gasteiger partial charge in [-0.3, -0.25) is 14.9 Å². The molecule has 2 aromatic carbocycles. The summed E-state index contributed by atoms with van der Waals surface area (Å²) in [4.78, 5) is 23.5. The first kappa shape index (κ1) is 15.2. The van der Waals surface area contributed by atoms with Gasteiger partial charge in [0.1, 0.15) is 0 Å². The van der Waals surface area contributed by atoms with Crippen molar-refractivity contribution in [2.45, 2.75) is 25.2 Å². The number of fused-ring (bicyclic) bond motifs is 1. The Balaban J connectivity index is 1.73. The summed E-state index contributed by atoms with van der Waals surface area (Å²) < 4.78 is 0. The van der Waals surface area contributed by atoms with Gasteiger partial charge in [-0.15, -0.1) is 0 Å². The van der Waals surface area contributed by atoms with Crippen molar-refractivity contribution in [3.05, 3.63) is 52.5 Å². The molecule has 0 aliphatic carbocycles. The molecule has 1 atom stereocenters. The number of carbonyl (C=O) groups is 2. The molecule has 0 radical (unpaired) electrons. The van der Waals surface area contributed by atoms with E-state index in [4.69, 9.17) is 11.6 Å². The number of piperidine rings is 1. The van der Waals surface area contributed by atoms with E-state index in [-0.39, 0.29) is 17.7 Å². The van der Waals surface area contributed by atoms with E-state index >= 15 is 0 Å². The number of anilines is 1. The first-order valence-corrected chi connectivity index (χ1v) is 8.50. The van der Waals surface area contributed by atoms with Crippen LogP contribution in [0.25, 0.3) is 11.1 Å². The fraction of sp³-hybridized carbons (Fsp3) is 0.263. The van der Waals surface area contributed by atoms with Crippen LogP contribution in [-0.4, -0.2) is 18.4 Å². The van der Waals surface area contributed by atoms with E-state index in [0.717, 1.165) is 29.7 Å². The van der Waals surface area contributed by atoms with Crippen molar-refractivity contribution in [2.75, 3.05) is 11.9 Å². The lowest BCUT2D eigenvalue weighted by molar-refractivity contribution is -0.134. The lowest BCUT2D eigenvalue weighted by atomic mass is 9.88. The van der Waals surface area contributed by atoms with E-state index in [1.807, 2.05) is 24.3 Å². The van der Waals surface area contributed by atoms with Gasteiger partial charge in [-0.25, -0.2) is 0 Å². The van der Waals surface area contributed by atoms with Crippen LogP contribution in [0.2, 0.25) is 5.02 Å². The number of amides is 2. The van der Waals surface area contributed by atoms with Crippen molar-refractivity contribution in [3.63, 3.8) is 0 Å². The number of carbonyl (C=O) groups excluding carboxylic acids is 2. The lowest BCUT2D eigenvalue weighted by Crippen LogP contribution is -2.39. The first-order valence-electron chi connectivity index (χ1n) is 8.13. The SMILES string of the molecule is O=C1CCC(c2cccc(-c3ccc4c(c3)CCN4)c2Cl)C(=O)N1. The van der Waals surface area contributed by atoms with E-state index in [2.05, 4.69) is 22.8 Å². The van der Waals surface area contributed by atoms with Crippen LogP contribution in [0, 0.1) is 0 Å². The second-order valence-corrected chi connectivity index (χ2v) is 6.64. The zero-order chi connectivity index (χ0) is 16.7. The van der Waals surface area contributed by atoms with Gasteiger partial charge in [-0.2, -0.15) is 0 Å². The van der Waals surface area contributed by atoms with Crippen molar-refractivity contribution < 1.29 is 9.59 Å². The molecule has 0 bridgehead atoms. The molecule has 2 heterocycles. The molecule has 4 rings (SSSR count). The van der Waals surface area contributed by atoms with Crippen molar-refractivity contribution in [2.24, 2.45) is 0 Å². The Bertz CT molecular complexity index is 847. The number of imide groups is 1. The Morgan fingerprint density at radius 1 is 1.08 bits per heavy atom. The van der Waals surface area contributed by atoms with Gasteiger partial charge in [0.25, 0.3) is 0 Å². The summed E-state index contributed by atoms with van der Waals surface area (Å²) in [6.45, 7) is 0.961. The van der Waals surface area contributed by atoms with Gasteiger partial charge in [0, 0.05) is 24.2 Å². The minimum Gasteiger partial charge on any atom is -0.384 e. The van der Waals surface area contributed by atoms with Crippen LogP contribution in [0.1, 0.15) is 29.9 Å². The molecule has 1 fully saturated rings. The van der Waals surface area contributed by atoms with Crippen molar-refractivity contribution in [3.8, 4) is 11.1 Å². The third-order valence-electron chi connectivity index (χ3n) is 4.77. The summed E-state index contributed by atoms with van der Waals surface area (Å²) in [6, 6.07) is 12.1. The molecule has 2 aliphatic heterocycles. The largest absolute Gasteiger partial charge is 0.384 e. The maximum absolute atomic E-state index is 12.2. The first-order chi connectivity index (χ1) is 11.6.